The second kappa shape index (κ2) is 9.95. The third-order valence-electron chi connectivity index (χ3n) is 3.80. The molecular formula is C18H24IN7. The Morgan fingerprint density at radius 2 is 2.00 bits per heavy atom. The number of aromatic amines is 1. The number of imidazole rings is 1. The maximum absolute atomic E-state index is 4.59. The van der Waals surface area contributed by atoms with Gasteiger partial charge in [0.25, 0.3) is 0 Å². The number of rotatable bonds is 6. The standard InChI is InChI=1S/C18H23N7.HI/c1-3-19-18(21-11-15-9-10-23-25(15)2)22-13-17-20-12-16(24-17)14-7-5-4-6-8-14;/h4-10,12H,3,11,13H2,1-2H3,(H,20,24)(H2,19,21,22);1H. The van der Waals surface area contributed by atoms with Crippen molar-refractivity contribution in [1.29, 1.82) is 0 Å². The van der Waals surface area contributed by atoms with Crippen LogP contribution in [-0.4, -0.2) is 32.3 Å². The van der Waals surface area contributed by atoms with Gasteiger partial charge in [-0.1, -0.05) is 30.3 Å². The molecule has 0 aliphatic carbocycles. The Balaban J connectivity index is 0.00000243. The van der Waals surface area contributed by atoms with Crippen LogP contribution < -0.4 is 10.6 Å². The van der Waals surface area contributed by atoms with Crippen LogP contribution in [0.4, 0.5) is 0 Å². The zero-order valence-electron chi connectivity index (χ0n) is 14.9. The van der Waals surface area contributed by atoms with Crippen molar-refractivity contribution in [3.8, 4) is 11.3 Å². The maximum Gasteiger partial charge on any atom is 0.192 e. The third kappa shape index (κ3) is 5.32. The van der Waals surface area contributed by atoms with Crippen LogP contribution in [0.1, 0.15) is 18.4 Å². The van der Waals surface area contributed by atoms with E-state index in [0.29, 0.717) is 13.1 Å². The van der Waals surface area contributed by atoms with E-state index in [0.717, 1.165) is 35.3 Å². The summed E-state index contributed by atoms with van der Waals surface area (Å²) in [7, 11) is 1.93. The number of nitrogens with one attached hydrogen (secondary N) is 3. The van der Waals surface area contributed by atoms with Crippen molar-refractivity contribution in [2.75, 3.05) is 6.54 Å². The van der Waals surface area contributed by atoms with E-state index in [1.165, 1.54) is 0 Å². The molecule has 0 saturated carbocycles. The molecule has 0 aliphatic heterocycles. The van der Waals surface area contributed by atoms with E-state index in [1.54, 1.807) is 6.20 Å². The monoisotopic (exact) mass is 465 g/mol. The highest BCUT2D eigenvalue weighted by atomic mass is 127. The van der Waals surface area contributed by atoms with Crippen LogP contribution in [0.3, 0.4) is 0 Å². The second-order valence-corrected chi connectivity index (χ2v) is 5.60. The molecule has 0 radical (unpaired) electrons. The number of halogens is 1. The van der Waals surface area contributed by atoms with Gasteiger partial charge in [0, 0.05) is 19.8 Å². The van der Waals surface area contributed by atoms with Crippen molar-refractivity contribution in [3.05, 3.63) is 60.3 Å². The molecule has 0 saturated heterocycles. The highest BCUT2D eigenvalue weighted by Crippen LogP contribution is 2.16. The van der Waals surface area contributed by atoms with E-state index in [-0.39, 0.29) is 24.0 Å². The number of aryl methyl sites for hydroxylation is 1. The van der Waals surface area contributed by atoms with Gasteiger partial charge in [0.2, 0.25) is 0 Å². The molecule has 8 heteroatoms. The van der Waals surface area contributed by atoms with E-state index in [1.807, 2.05) is 49.1 Å². The van der Waals surface area contributed by atoms with Gasteiger partial charge in [0.1, 0.15) is 12.4 Å². The molecule has 0 unspecified atom stereocenters. The van der Waals surface area contributed by atoms with Gasteiger partial charge in [-0.25, -0.2) is 9.98 Å². The van der Waals surface area contributed by atoms with Gasteiger partial charge >= 0.3 is 0 Å². The van der Waals surface area contributed by atoms with E-state index < -0.39 is 0 Å². The van der Waals surface area contributed by atoms with Crippen molar-refractivity contribution >= 4 is 29.9 Å². The smallest absolute Gasteiger partial charge is 0.192 e. The fourth-order valence-electron chi connectivity index (χ4n) is 2.45. The Labute approximate surface area is 170 Å². The first-order chi connectivity index (χ1) is 12.3. The summed E-state index contributed by atoms with van der Waals surface area (Å²) in [5.41, 5.74) is 3.21. The minimum Gasteiger partial charge on any atom is -0.357 e. The normalized spacial score (nSPS) is 11.1. The molecule has 2 heterocycles. The number of aliphatic imine (C=N–C) groups is 1. The predicted octanol–water partition coefficient (Wildman–Crippen LogP) is 2.68. The van der Waals surface area contributed by atoms with Crippen molar-refractivity contribution in [2.45, 2.75) is 20.0 Å². The third-order valence-corrected chi connectivity index (χ3v) is 3.80. The van der Waals surface area contributed by atoms with Gasteiger partial charge < -0.3 is 15.6 Å². The minimum absolute atomic E-state index is 0. The summed E-state index contributed by atoms with van der Waals surface area (Å²) in [4.78, 5) is 12.3. The molecule has 7 nitrogen and oxygen atoms in total. The molecule has 3 aromatic rings. The SMILES string of the molecule is CCNC(=NCc1ncc(-c2ccccc2)[nH]1)NCc1ccnn1C.I. The summed E-state index contributed by atoms with van der Waals surface area (Å²) in [6, 6.07) is 12.1. The summed E-state index contributed by atoms with van der Waals surface area (Å²) >= 11 is 0. The van der Waals surface area contributed by atoms with Gasteiger partial charge in [-0.15, -0.1) is 24.0 Å². The molecule has 0 fully saturated rings. The van der Waals surface area contributed by atoms with Gasteiger partial charge in [0.05, 0.1) is 24.1 Å². The van der Waals surface area contributed by atoms with Crippen molar-refractivity contribution in [2.24, 2.45) is 12.0 Å². The quantitative estimate of drug-likeness (QED) is 0.297. The zero-order valence-corrected chi connectivity index (χ0v) is 17.3. The van der Waals surface area contributed by atoms with Gasteiger partial charge in [-0.3, -0.25) is 4.68 Å². The summed E-state index contributed by atoms with van der Waals surface area (Å²) in [6.45, 7) is 3.98. The number of hydrogen-bond acceptors (Lipinski definition) is 3. The molecule has 0 bridgehead atoms. The van der Waals surface area contributed by atoms with Crippen LogP contribution in [-0.2, 0) is 20.1 Å². The second-order valence-electron chi connectivity index (χ2n) is 5.60. The fourth-order valence-corrected chi connectivity index (χ4v) is 2.45. The topological polar surface area (TPSA) is 82.9 Å². The van der Waals surface area contributed by atoms with E-state index in [4.69, 9.17) is 0 Å². The summed E-state index contributed by atoms with van der Waals surface area (Å²) in [5, 5.41) is 10.7. The van der Waals surface area contributed by atoms with Crippen molar-refractivity contribution < 1.29 is 0 Å². The number of nitrogens with zero attached hydrogens (tertiary/aromatic N) is 4. The summed E-state index contributed by atoms with van der Waals surface area (Å²) in [6.07, 6.45) is 3.63. The predicted molar refractivity (Wildman–Crippen MR) is 114 cm³/mol. The molecule has 3 rings (SSSR count). The average Bonchev–Trinajstić information content (AvgIpc) is 3.27. The molecule has 26 heavy (non-hydrogen) atoms. The van der Waals surface area contributed by atoms with Crippen LogP contribution in [0.15, 0.2) is 53.8 Å². The number of guanidine groups is 1. The largest absolute Gasteiger partial charge is 0.357 e. The van der Waals surface area contributed by atoms with Crippen LogP contribution >= 0.6 is 24.0 Å². The van der Waals surface area contributed by atoms with E-state index in [2.05, 4.69) is 42.8 Å². The fraction of sp³-hybridized carbons (Fsp3) is 0.278. The Bertz CT molecular complexity index is 823. The summed E-state index contributed by atoms with van der Waals surface area (Å²) < 4.78 is 1.84. The first-order valence-electron chi connectivity index (χ1n) is 8.34. The van der Waals surface area contributed by atoms with Gasteiger partial charge in [-0.05, 0) is 18.6 Å². The maximum atomic E-state index is 4.59. The average molecular weight is 465 g/mol. The molecule has 0 atom stereocenters. The molecule has 0 amide bonds. The molecule has 1 aromatic carbocycles. The lowest BCUT2D eigenvalue weighted by Gasteiger charge is -2.11. The van der Waals surface area contributed by atoms with Gasteiger partial charge in [0.15, 0.2) is 5.96 Å². The van der Waals surface area contributed by atoms with Gasteiger partial charge in [-0.2, -0.15) is 5.10 Å². The van der Waals surface area contributed by atoms with E-state index >= 15 is 0 Å². The zero-order chi connectivity index (χ0) is 17.5. The Kier molecular flexibility index (Phi) is 7.64. The van der Waals surface area contributed by atoms with Crippen LogP contribution in [0, 0.1) is 0 Å². The number of hydrogen-bond donors (Lipinski definition) is 3. The minimum atomic E-state index is 0. The summed E-state index contributed by atoms with van der Waals surface area (Å²) in [5.74, 6) is 1.58. The lowest BCUT2D eigenvalue weighted by atomic mass is 10.2. The lowest BCUT2D eigenvalue weighted by molar-refractivity contribution is 0.684. The molecule has 0 spiro atoms. The first kappa shape index (κ1) is 20.0. The Morgan fingerprint density at radius 1 is 1.19 bits per heavy atom. The van der Waals surface area contributed by atoms with Crippen LogP contribution in [0.2, 0.25) is 0 Å². The molecule has 138 valence electrons. The van der Waals surface area contributed by atoms with Crippen molar-refractivity contribution in [1.82, 2.24) is 30.4 Å². The molecule has 3 N–H and O–H groups in total. The number of benzene rings is 1. The highest BCUT2D eigenvalue weighted by molar-refractivity contribution is 14.0. The highest BCUT2D eigenvalue weighted by Gasteiger charge is 2.04. The van der Waals surface area contributed by atoms with Crippen LogP contribution in [0.25, 0.3) is 11.3 Å². The molecule has 0 aliphatic rings. The Hall–Kier alpha value is -2.36. The number of aromatic nitrogens is 4. The Morgan fingerprint density at radius 3 is 2.69 bits per heavy atom. The molecule has 2 aromatic heterocycles. The van der Waals surface area contributed by atoms with Crippen LogP contribution in [0.5, 0.6) is 0 Å². The first-order valence-corrected chi connectivity index (χ1v) is 8.34. The molecular weight excluding hydrogens is 441 g/mol. The lowest BCUT2D eigenvalue weighted by Crippen LogP contribution is -2.37. The van der Waals surface area contributed by atoms with E-state index in [9.17, 15) is 0 Å². The number of H-pyrrole nitrogens is 1. The van der Waals surface area contributed by atoms with Crippen molar-refractivity contribution in [3.63, 3.8) is 0 Å².